The van der Waals surface area contributed by atoms with Gasteiger partial charge in [0.15, 0.2) is 5.78 Å². The number of benzene rings is 3. The molecule has 0 saturated carbocycles. The van der Waals surface area contributed by atoms with Crippen LogP contribution in [0.4, 0.5) is 17.1 Å². The molecule has 0 spiro atoms. The van der Waals surface area contributed by atoms with Crippen LogP contribution >= 0.6 is 0 Å². The Morgan fingerprint density at radius 1 is 0.680 bits per heavy atom. The summed E-state index contributed by atoms with van der Waals surface area (Å²) in [4.78, 5) is 12.6. The Morgan fingerprint density at radius 2 is 1.20 bits per heavy atom. The van der Waals surface area contributed by atoms with E-state index in [4.69, 9.17) is 0 Å². The highest BCUT2D eigenvalue weighted by Gasteiger charge is 2.09. The van der Waals surface area contributed by atoms with Gasteiger partial charge in [-0.1, -0.05) is 12.1 Å². The Hall–Kier alpha value is -3.07. The molecule has 2 N–H and O–H groups in total. The summed E-state index contributed by atoms with van der Waals surface area (Å²) in [5.41, 5.74) is 6.78. The van der Waals surface area contributed by atoms with E-state index in [-0.39, 0.29) is 5.78 Å². The first-order valence-electron chi connectivity index (χ1n) is 8.33. The molecule has 3 nitrogen and oxygen atoms in total. The molecule has 25 heavy (non-hydrogen) atoms. The third-order valence-electron chi connectivity index (χ3n) is 4.38. The van der Waals surface area contributed by atoms with Crippen LogP contribution < -0.4 is 10.6 Å². The van der Waals surface area contributed by atoms with Gasteiger partial charge in [0.1, 0.15) is 0 Å². The summed E-state index contributed by atoms with van der Waals surface area (Å²) in [6.45, 7) is 4.08. The third kappa shape index (κ3) is 3.89. The van der Waals surface area contributed by atoms with Crippen LogP contribution in [-0.2, 0) is 0 Å². The molecular formula is C22H22N2O. The van der Waals surface area contributed by atoms with Gasteiger partial charge >= 0.3 is 0 Å². The molecular weight excluding hydrogens is 308 g/mol. The molecule has 0 aliphatic carbocycles. The van der Waals surface area contributed by atoms with Gasteiger partial charge in [-0.05, 0) is 79.6 Å². The maximum Gasteiger partial charge on any atom is 0.193 e. The standard InChI is InChI=1S/C22H22N2O/c1-15-4-5-18(14-16(15)2)22(25)17-6-8-20(9-7-17)24-21-12-10-19(23-3)11-13-21/h4-14,23-24H,1-3H3. The summed E-state index contributed by atoms with van der Waals surface area (Å²) in [7, 11) is 1.90. The van der Waals surface area contributed by atoms with E-state index < -0.39 is 0 Å². The Morgan fingerprint density at radius 3 is 1.76 bits per heavy atom. The quantitative estimate of drug-likeness (QED) is 0.622. The second-order valence-electron chi connectivity index (χ2n) is 6.16. The fourth-order valence-corrected chi connectivity index (χ4v) is 2.64. The van der Waals surface area contributed by atoms with Crippen LogP contribution in [-0.4, -0.2) is 12.8 Å². The topological polar surface area (TPSA) is 41.1 Å². The molecule has 0 heterocycles. The van der Waals surface area contributed by atoms with Crippen molar-refractivity contribution in [1.82, 2.24) is 0 Å². The van der Waals surface area contributed by atoms with Crippen LogP contribution in [0.15, 0.2) is 66.7 Å². The fraction of sp³-hybridized carbons (Fsp3) is 0.136. The molecule has 0 saturated heterocycles. The molecule has 0 fully saturated rings. The number of hydrogen-bond acceptors (Lipinski definition) is 3. The van der Waals surface area contributed by atoms with Gasteiger partial charge in [-0.3, -0.25) is 4.79 Å². The SMILES string of the molecule is CNc1ccc(Nc2ccc(C(=O)c3ccc(C)c(C)c3)cc2)cc1. The zero-order chi connectivity index (χ0) is 17.8. The predicted molar refractivity (Wildman–Crippen MR) is 105 cm³/mol. The van der Waals surface area contributed by atoms with Crippen molar-refractivity contribution in [2.75, 3.05) is 17.7 Å². The summed E-state index contributed by atoms with van der Waals surface area (Å²) >= 11 is 0. The van der Waals surface area contributed by atoms with Crippen LogP contribution in [0.3, 0.4) is 0 Å². The number of hydrogen-bond donors (Lipinski definition) is 2. The van der Waals surface area contributed by atoms with Crippen LogP contribution in [0.2, 0.25) is 0 Å². The number of carbonyl (C=O) groups excluding carboxylic acids is 1. The van der Waals surface area contributed by atoms with Crippen LogP contribution in [0.25, 0.3) is 0 Å². The smallest absolute Gasteiger partial charge is 0.193 e. The molecule has 126 valence electrons. The number of ketones is 1. The van der Waals surface area contributed by atoms with E-state index >= 15 is 0 Å². The Bertz CT molecular complexity index is 881. The molecule has 0 atom stereocenters. The lowest BCUT2D eigenvalue weighted by molar-refractivity contribution is 0.103. The average Bonchev–Trinajstić information content (AvgIpc) is 2.65. The largest absolute Gasteiger partial charge is 0.388 e. The molecule has 0 radical (unpaired) electrons. The number of nitrogens with one attached hydrogen (secondary N) is 2. The first-order valence-corrected chi connectivity index (χ1v) is 8.33. The van der Waals surface area contributed by atoms with Crippen molar-refractivity contribution in [2.24, 2.45) is 0 Å². The van der Waals surface area contributed by atoms with E-state index in [1.54, 1.807) is 0 Å². The van der Waals surface area contributed by atoms with Crippen molar-refractivity contribution in [3.05, 3.63) is 89.0 Å². The fourth-order valence-electron chi connectivity index (χ4n) is 2.64. The van der Waals surface area contributed by atoms with Crippen molar-refractivity contribution in [3.8, 4) is 0 Å². The minimum atomic E-state index is 0.0491. The van der Waals surface area contributed by atoms with Gasteiger partial charge in [0.05, 0.1) is 0 Å². The molecule has 0 aliphatic heterocycles. The normalized spacial score (nSPS) is 10.4. The molecule has 0 aliphatic rings. The second kappa shape index (κ2) is 7.22. The first-order chi connectivity index (χ1) is 12.1. The maximum atomic E-state index is 12.6. The van der Waals surface area contributed by atoms with Gasteiger partial charge in [-0.15, -0.1) is 0 Å². The highest BCUT2D eigenvalue weighted by Crippen LogP contribution is 2.21. The van der Waals surface area contributed by atoms with Crippen LogP contribution in [0, 0.1) is 13.8 Å². The highest BCUT2D eigenvalue weighted by molar-refractivity contribution is 6.09. The average molecular weight is 330 g/mol. The number of anilines is 3. The van der Waals surface area contributed by atoms with Crippen molar-refractivity contribution >= 4 is 22.8 Å². The van der Waals surface area contributed by atoms with E-state index in [1.807, 2.05) is 87.6 Å². The third-order valence-corrected chi connectivity index (χ3v) is 4.38. The second-order valence-corrected chi connectivity index (χ2v) is 6.16. The van der Waals surface area contributed by atoms with Crippen molar-refractivity contribution in [1.29, 1.82) is 0 Å². The Kier molecular flexibility index (Phi) is 4.85. The summed E-state index contributed by atoms with van der Waals surface area (Å²) < 4.78 is 0. The van der Waals surface area contributed by atoms with Gasteiger partial charge in [0.2, 0.25) is 0 Å². The molecule has 0 unspecified atom stereocenters. The molecule has 3 heteroatoms. The first kappa shape index (κ1) is 16.8. The van der Waals surface area contributed by atoms with E-state index in [0.29, 0.717) is 5.56 Å². The molecule has 3 rings (SSSR count). The van der Waals surface area contributed by atoms with Crippen molar-refractivity contribution < 1.29 is 4.79 Å². The Balaban J connectivity index is 1.74. The van der Waals surface area contributed by atoms with E-state index in [9.17, 15) is 4.79 Å². The van der Waals surface area contributed by atoms with Crippen LogP contribution in [0.5, 0.6) is 0 Å². The van der Waals surface area contributed by atoms with E-state index in [0.717, 1.165) is 28.2 Å². The minimum Gasteiger partial charge on any atom is -0.388 e. The van der Waals surface area contributed by atoms with Gasteiger partial charge in [0, 0.05) is 35.2 Å². The Labute approximate surface area is 148 Å². The highest BCUT2D eigenvalue weighted by atomic mass is 16.1. The lowest BCUT2D eigenvalue weighted by Crippen LogP contribution is -2.02. The van der Waals surface area contributed by atoms with Gasteiger partial charge in [-0.2, -0.15) is 0 Å². The summed E-state index contributed by atoms with van der Waals surface area (Å²) in [6.07, 6.45) is 0. The maximum absolute atomic E-state index is 12.6. The number of rotatable bonds is 5. The van der Waals surface area contributed by atoms with Gasteiger partial charge in [-0.25, -0.2) is 0 Å². The van der Waals surface area contributed by atoms with Crippen molar-refractivity contribution in [3.63, 3.8) is 0 Å². The van der Waals surface area contributed by atoms with Gasteiger partial charge < -0.3 is 10.6 Å². The molecule has 0 bridgehead atoms. The lowest BCUT2D eigenvalue weighted by atomic mass is 9.99. The molecule has 3 aromatic rings. The van der Waals surface area contributed by atoms with Crippen LogP contribution in [0.1, 0.15) is 27.0 Å². The number of carbonyl (C=O) groups is 1. The van der Waals surface area contributed by atoms with E-state index in [2.05, 4.69) is 10.6 Å². The summed E-state index contributed by atoms with van der Waals surface area (Å²) in [5, 5.41) is 6.43. The van der Waals surface area contributed by atoms with E-state index in [1.165, 1.54) is 5.56 Å². The zero-order valence-electron chi connectivity index (χ0n) is 14.8. The zero-order valence-corrected chi connectivity index (χ0v) is 14.8. The number of aryl methyl sites for hydroxylation is 2. The minimum absolute atomic E-state index is 0.0491. The predicted octanol–water partition coefficient (Wildman–Crippen LogP) is 5.32. The summed E-state index contributed by atoms with van der Waals surface area (Å²) in [5.74, 6) is 0.0491. The lowest BCUT2D eigenvalue weighted by Gasteiger charge is -2.09. The monoisotopic (exact) mass is 330 g/mol. The molecule has 3 aromatic carbocycles. The molecule has 0 aromatic heterocycles. The molecule has 0 amide bonds. The summed E-state index contributed by atoms with van der Waals surface area (Å²) in [6, 6.07) is 21.5. The van der Waals surface area contributed by atoms with Crippen molar-refractivity contribution in [2.45, 2.75) is 13.8 Å². The van der Waals surface area contributed by atoms with Gasteiger partial charge in [0.25, 0.3) is 0 Å².